The van der Waals surface area contributed by atoms with Gasteiger partial charge in [-0.05, 0) is 142 Å². The highest BCUT2D eigenvalue weighted by atomic mass is 16.6. The highest BCUT2D eigenvalue weighted by molar-refractivity contribution is 5.71. The minimum Gasteiger partial charge on any atom is -0.507 e. The molecule has 2 N–H and O–H groups in total. The van der Waals surface area contributed by atoms with E-state index in [1.807, 2.05) is 52.0 Å². The number of methoxy groups -OCH3 is 1. The van der Waals surface area contributed by atoms with Gasteiger partial charge in [0.1, 0.15) is 37.4 Å². The lowest BCUT2D eigenvalue weighted by Crippen LogP contribution is -2.63. The number of esters is 4. The molecule has 0 aliphatic carbocycles. The minimum absolute atomic E-state index is 0.0213. The van der Waals surface area contributed by atoms with E-state index in [0.717, 1.165) is 46.2 Å². The molecule has 0 unspecified atom stereocenters. The minimum atomic E-state index is -0.387. The second kappa shape index (κ2) is 22.6. The highest BCUT2D eigenvalue weighted by Gasteiger charge is 2.47. The van der Waals surface area contributed by atoms with E-state index in [0.29, 0.717) is 69.9 Å². The molecule has 0 atom stereocenters. The van der Waals surface area contributed by atoms with Gasteiger partial charge in [-0.3, -0.25) is 29.0 Å². The number of aryl methyl sites for hydroxylation is 6. The van der Waals surface area contributed by atoms with Crippen LogP contribution in [0.2, 0.25) is 0 Å². The number of carbonyl (C=O) groups is 4. The van der Waals surface area contributed by atoms with Crippen molar-refractivity contribution in [2.45, 2.75) is 182 Å². The summed E-state index contributed by atoms with van der Waals surface area (Å²) in [6.07, 6.45) is 5.20. The van der Waals surface area contributed by atoms with Gasteiger partial charge in [-0.15, -0.1) is 0 Å². The molecular formula is C50H78N2O11. The Bertz CT molecular complexity index is 1800. The molecule has 2 heterocycles. The van der Waals surface area contributed by atoms with E-state index in [2.05, 4.69) is 65.2 Å². The van der Waals surface area contributed by atoms with Crippen molar-refractivity contribution in [3.63, 3.8) is 0 Å². The Morgan fingerprint density at radius 1 is 0.556 bits per heavy atom. The molecule has 0 saturated carbocycles. The summed E-state index contributed by atoms with van der Waals surface area (Å²) < 4.78 is 27.1. The monoisotopic (exact) mass is 883 g/mol. The first-order valence-corrected chi connectivity index (χ1v) is 22.5. The van der Waals surface area contributed by atoms with Crippen molar-refractivity contribution in [1.82, 2.24) is 9.80 Å². The van der Waals surface area contributed by atoms with Crippen LogP contribution in [0.1, 0.15) is 141 Å². The van der Waals surface area contributed by atoms with Crippen molar-refractivity contribution < 1.29 is 53.1 Å². The number of aromatic hydroxyl groups is 2. The number of phenols is 2. The largest absolute Gasteiger partial charge is 0.507 e. The first-order valence-electron chi connectivity index (χ1n) is 22.5. The fourth-order valence-corrected chi connectivity index (χ4v) is 9.95. The summed E-state index contributed by atoms with van der Waals surface area (Å²) >= 11 is 0. The molecule has 2 aliphatic heterocycles. The van der Waals surface area contributed by atoms with Crippen LogP contribution in [-0.4, -0.2) is 118 Å². The molecule has 13 nitrogen and oxygen atoms in total. The van der Waals surface area contributed by atoms with E-state index in [-0.39, 0.29) is 77.7 Å². The third-order valence-corrected chi connectivity index (χ3v) is 12.6. The van der Waals surface area contributed by atoms with E-state index in [1.54, 1.807) is 7.11 Å². The Morgan fingerprint density at radius 3 is 1.27 bits per heavy atom. The molecule has 63 heavy (non-hydrogen) atoms. The molecule has 2 fully saturated rings. The van der Waals surface area contributed by atoms with Crippen LogP contribution in [-0.2, 0) is 55.7 Å². The lowest BCUT2D eigenvalue weighted by atomic mass is 9.78. The summed E-state index contributed by atoms with van der Waals surface area (Å²) in [5.74, 6) is -0.565. The molecular weight excluding hydrogens is 805 g/mol. The Hall–Kier alpha value is -4.20. The number of nitrogens with zero attached hydrogens (tertiary/aromatic N) is 2. The average molecular weight is 883 g/mol. The average Bonchev–Trinajstić information content (AvgIpc) is 3.15. The van der Waals surface area contributed by atoms with E-state index >= 15 is 0 Å². The number of ether oxygens (including phenoxy) is 5. The van der Waals surface area contributed by atoms with Crippen molar-refractivity contribution in [3.8, 4) is 11.5 Å². The Balaban J connectivity index is 0.000000390. The van der Waals surface area contributed by atoms with Crippen molar-refractivity contribution in [2.75, 3.05) is 40.0 Å². The van der Waals surface area contributed by atoms with Crippen LogP contribution in [0.5, 0.6) is 11.5 Å². The number of piperidine rings is 2. The number of benzene rings is 2. The summed E-state index contributed by atoms with van der Waals surface area (Å²) in [7, 11) is 1.76. The van der Waals surface area contributed by atoms with Gasteiger partial charge >= 0.3 is 23.9 Å². The maximum atomic E-state index is 12.7. The van der Waals surface area contributed by atoms with Gasteiger partial charge in [0.05, 0.1) is 12.5 Å². The molecule has 0 spiro atoms. The zero-order valence-corrected chi connectivity index (χ0v) is 40.8. The predicted molar refractivity (Wildman–Crippen MR) is 244 cm³/mol. The summed E-state index contributed by atoms with van der Waals surface area (Å²) in [5.41, 5.74) is 4.74. The number of phenolic OH excluding ortho intramolecular Hbond substituents is 2. The van der Waals surface area contributed by atoms with Crippen LogP contribution in [0.3, 0.4) is 0 Å². The van der Waals surface area contributed by atoms with Gasteiger partial charge in [-0.2, -0.15) is 0 Å². The maximum absolute atomic E-state index is 12.7. The Labute approximate surface area is 377 Å². The Morgan fingerprint density at radius 2 is 0.905 bits per heavy atom. The van der Waals surface area contributed by atoms with Crippen LogP contribution < -0.4 is 0 Å². The summed E-state index contributed by atoms with van der Waals surface area (Å²) in [5, 5.41) is 19.9. The quantitative estimate of drug-likeness (QED) is 0.116. The SMILES string of the molecule is COC1CC(C)(C)N(CCOC(=O)CCOC(C)=O)C(C)(C)C1.Cc1cc(CCC(=O)OCCN2C(C)(C)CC(OC(=O)CCc3cc(C)c(O)c(C)c3)CC2(C)C)cc(C)c1O. The molecule has 354 valence electrons. The molecule has 0 bridgehead atoms. The number of hydrogen-bond donors (Lipinski definition) is 2. The van der Waals surface area contributed by atoms with Crippen LogP contribution in [0, 0.1) is 27.7 Å². The third-order valence-electron chi connectivity index (χ3n) is 12.6. The maximum Gasteiger partial charge on any atom is 0.309 e. The molecule has 2 aromatic carbocycles. The summed E-state index contributed by atoms with van der Waals surface area (Å²) in [6, 6.07) is 7.66. The topological polar surface area (TPSA) is 161 Å². The van der Waals surface area contributed by atoms with Crippen molar-refractivity contribution >= 4 is 23.9 Å². The van der Waals surface area contributed by atoms with Gasteiger partial charge in [-0.1, -0.05) is 24.3 Å². The first kappa shape index (κ1) is 53.1. The fourth-order valence-electron chi connectivity index (χ4n) is 9.95. The smallest absolute Gasteiger partial charge is 0.309 e. The van der Waals surface area contributed by atoms with Gasteiger partial charge in [0, 0.05) is 75.0 Å². The molecule has 2 aromatic rings. The zero-order chi connectivity index (χ0) is 47.5. The van der Waals surface area contributed by atoms with Crippen molar-refractivity contribution in [2.24, 2.45) is 0 Å². The molecule has 0 aromatic heterocycles. The lowest BCUT2D eigenvalue weighted by molar-refractivity contribution is -0.163. The summed E-state index contributed by atoms with van der Waals surface area (Å²) in [4.78, 5) is 52.2. The zero-order valence-electron chi connectivity index (χ0n) is 40.8. The van der Waals surface area contributed by atoms with E-state index in [4.69, 9.17) is 23.7 Å². The first-order chi connectivity index (χ1) is 29.2. The van der Waals surface area contributed by atoms with Crippen LogP contribution in [0.4, 0.5) is 0 Å². The number of rotatable bonds is 17. The van der Waals surface area contributed by atoms with Crippen LogP contribution >= 0.6 is 0 Å². The third kappa shape index (κ3) is 16.1. The second-order valence-electron chi connectivity index (χ2n) is 20.0. The van der Waals surface area contributed by atoms with Gasteiger partial charge in [0.25, 0.3) is 0 Å². The van der Waals surface area contributed by atoms with E-state index in [1.165, 1.54) is 6.92 Å². The fraction of sp³-hybridized carbons (Fsp3) is 0.680. The summed E-state index contributed by atoms with van der Waals surface area (Å²) in [6.45, 7) is 28.1. The number of hydrogen-bond acceptors (Lipinski definition) is 13. The molecule has 0 radical (unpaired) electrons. The number of likely N-dealkylation sites (tertiary alicyclic amines) is 2. The highest BCUT2D eigenvalue weighted by Crippen LogP contribution is 2.40. The second-order valence-corrected chi connectivity index (χ2v) is 20.0. The van der Waals surface area contributed by atoms with Crippen LogP contribution in [0.15, 0.2) is 24.3 Å². The molecule has 2 aliphatic rings. The predicted octanol–water partition coefficient (Wildman–Crippen LogP) is 8.16. The normalized spacial score (nSPS) is 18.4. The van der Waals surface area contributed by atoms with Crippen LogP contribution in [0.25, 0.3) is 0 Å². The van der Waals surface area contributed by atoms with Gasteiger partial charge in [0.2, 0.25) is 0 Å². The molecule has 2 saturated heterocycles. The van der Waals surface area contributed by atoms with Gasteiger partial charge in [0.15, 0.2) is 0 Å². The molecule has 0 amide bonds. The van der Waals surface area contributed by atoms with Crippen molar-refractivity contribution in [1.29, 1.82) is 0 Å². The lowest BCUT2D eigenvalue weighted by Gasteiger charge is -2.55. The van der Waals surface area contributed by atoms with Gasteiger partial charge < -0.3 is 33.9 Å². The van der Waals surface area contributed by atoms with E-state index in [9.17, 15) is 29.4 Å². The van der Waals surface area contributed by atoms with E-state index < -0.39 is 0 Å². The standard InChI is InChI=1S/C33H47NO6.C17H31NO5/c1-21-15-25(16-22(2)30(21)37)9-11-28(35)39-14-13-34-32(5,6)19-27(20-33(34,7)8)40-29(36)12-10-26-17-23(3)31(38)24(4)18-26;1-13(19)22-9-7-15(20)23-10-8-18-16(2,3)11-14(21-6)12-17(18,4)5/h15-18,27,37-38H,9-14,19-20H2,1-8H3;14H,7-12H2,1-6H3. The van der Waals surface area contributed by atoms with Crippen molar-refractivity contribution in [3.05, 3.63) is 57.6 Å². The molecule has 13 heteroatoms. The molecule has 4 rings (SSSR count). The van der Waals surface area contributed by atoms with Gasteiger partial charge in [-0.25, -0.2) is 0 Å². The Kier molecular flexibility index (Phi) is 19.1. The number of carbonyl (C=O) groups excluding carboxylic acids is 4.